The second kappa shape index (κ2) is 4.89. The highest BCUT2D eigenvalue weighted by atomic mass is 16.1. The molecule has 0 radical (unpaired) electrons. The van der Waals surface area contributed by atoms with Crippen LogP contribution in [0.3, 0.4) is 0 Å². The van der Waals surface area contributed by atoms with Crippen LogP contribution in [0.5, 0.6) is 0 Å². The number of nitrogens with zero attached hydrogens (tertiary/aromatic N) is 3. The number of aromatic nitrogens is 3. The zero-order valence-electron chi connectivity index (χ0n) is 11.4. The number of carbonyl (C=O) groups is 1. The van der Waals surface area contributed by atoms with Crippen molar-refractivity contribution in [2.75, 3.05) is 0 Å². The Labute approximate surface area is 117 Å². The summed E-state index contributed by atoms with van der Waals surface area (Å²) in [5.74, 6) is 0.509. The summed E-state index contributed by atoms with van der Waals surface area (Å²) in [4.78, 5) is 15.1. The van der Waals surface area contributed by atoms with E-state index in [-0.39, 0.29) is 0 Å². The van der Waals surface area contributed by atoms with Crippen LogP contribution in [-0.4, -0.2) is 20.9 Å². The van der Waals surface area contributed by atoms with E-state index in [0.29, 0.717) is 17.3 Å². The van der Waals surface area contributed by atoms with Crippen molar-refractivity contribution in [1.29, 1.82) is 0 Å². The van der Waals surface area contributed by atoms with Crippen LogP contribution in [0, 0.1) is 0 Å². The third kappa shape index (κ3) is 2.09. The average Bonchev–Trinajstić information content (AvgIpc) is 2.89. The van der Waals surface area contributed by atoms with E-state index in [9.17, 15) is 4.79 Å². The molecule has 2 heterocycles. The molecule has 0 bridgehead atoms. The number of benzene rings is 1. The maximum Gasteiger partial charge on any atom is 0.170 e. The zero-order valence-corrected chi connectivity index (χ0v) is 11.4. The first kappa shape index (κ1) is 12.5. The fourth-order valence-corrected chi connectivity index (χ4v) is 2.16. The van der Waals surface area contributed by atoms with E-state index < -0.39 is 0 Å². The van der Waals surface area contributed by atoms with Gasteiger partial charge < -0.3 is 0 Å². The fourth-order valence-electron chi connectivity index (χ4n) is 2.16. The molecule has 0 atom stereocenters. The van der Waals surface area contributed by atoms with Crippen LogP contribution in [-0.2, 0) is 0 Å². The van der Waals surface area contributed by atoms with Crippen LogP contribution in [0.1, 0.15) is 35.8 Å². The van der Waals surface area contributed by atoms with Gasteiger partial charge in [-0.2, -0.15) is 5.10 Å². The molecule has 0 saturated heterocycles. The maximum atomic E-state index is 10.9. The largest absolute Gasteiger partial charge is 0.296 e. The smallest absolute Gasteiger partial charge is 0.170 e. The lowest BCUT2D eigenvalue weighted by molar-refractivity contribution is 0.111. The van der Waals surface area contributed by atoms with E-state index in [1.54, 1.807) is 4.52 Å². The molecule has 0 fully saturated rings. The number of fused-ring (bicyclic) bond motifs is 1. The minimum atomic E-state index is 0.459. The lowest BCUT2D eigenvalue weighted by atomic mass is 10.0. The molecule has 2 aromatic heterocycles. The van der Waals surface area contributed by atoms with E-state index >= 15 is 0 Å². The molecule has 100 valence electrons. The molecular formula is C16H15N3O. The summed E-state index contributed by atoms with van der Waals surface area (Å²) in [5, 5.41) is 4.47. The lowest BCUT2D eigenvalue weighted by Gasteiger charge is -2.07. The minimum Gasteiger partial charge on any atom is -0.296 e. The van der Waals surface area contributed by atoms with Crippen molar-refractivity contribution in [3.63, 3.8) is 0 Å². The fraction of sp³-hybridized carbons (Fsp3) is 0.188. The summed E-state index contributed by atoms with van der Waals surface area (Å²) in [7, 11) is 0. The average molecular weight is 265 g/mol. The Hall–Kier alpha value is -2.49. The first-order chi connectivity index (χ1) is 9.69. The number of rotatable bonds is 3. The quantitative estimate of drug-likeness (QED) is 0.682. The lowest BCUT2D eigenvalue weighted by Crippen LogP contribution is -1.98. The Kier molecular flexibility index (Phi) is 3.06. The van der Waals surface area contributed by atoms with Crippen molar-refractivity contribution in [2.45, 2.75) is 19.8 Å². The number of hydrogen-bond acceptors (Lipinski definition) is 3. The van der Waals surface area contributed by atoms with Gasteiger partial charge in [0.2, 0.25) is 0 Å². The van der Waals surface area contributed by atoms with Crippen molar-refractivity contribution >= 4 is 11.9 Å². The monoisotopic (exact) mass is 265 g/mol. The highest BCUT2D eigenvalue weighted by molar-refractivity contribution is 5.74. The van der Waals surface area contributed by atoms with Crippen LogP contribution < -0.4 is 0 Å². The van der Waals surface area contributed by atoms with Gasteiger partial charge in [-0.25, -0.2) is 9.50 Å². The molecule has 4 nitrogen and oxygen atoms in total. The van der Waals surface area contributed by atoms with Gasteiger partial charge in [0, 0.05) is 5.56 Å². The first-order valence-corrected chi connectivity index (χ1v) is 6.59. The molecular weight excluding hydrogens is 250 g/mol. The summed E-state index contributed by atoms with van der Waals surface area (Å²) in [5.41, 5.74) is 4.29. The zero-order chi connectivity index (χ0) is 14.1. The second-order valence-corrected chi connectivity index (χ2v) is 5.07. The van der Waals surface area contributed by atoms with Crippen LogP contribution in [0.25, 0.3) is 16.9 Å². The normalized spacial score (nSPS) is 11.2. The van der Waals surface area contributed by atoms with Crippen LogP contribution in [0.4, 0.5) is 0 Å². The number of imidazole rings is 1. The summed E-state index contributed by atoms with van der Waals surface area (Å²) in [6, 6.07) is 12.1. The second-order valence-electron chi connectivity index (χ2n) is 5.07. The van der Waals surface area contributed by atoms with Crippen molar-refractivity contribution < 1.29 is 4.79 Å². The van der Waals surface area contributed by atoms with Crippen LogP contribution >= 0.6 is 0 Å². The van der Waals surface area contributed by atoms with Gasteiger partial charge in [0.25, 0.3) is 0 Å². The van der Waals surface area contributed by atoms with Gasteiger partial charge in [-0.3, -0.25) is 4.79 Å². The highest BCUT2D eigenvalue weighted by Gasteiger charge is 2.07. The van der Waals surface area contributed by atoms with Gasteiger partial charge in [0.15, 0.2) is 11.9 Å². The van der Waals surface area contributed by atoms with E-state index in [1.165, 1.54) is 11.8 Å². The standard InChI is InChI=1S/C16H15N3O/c1-11(2)12-3-5-13(6-4-12)15-7-8-16-17-9-14(10-20)19(16)18-15/h3-11H,1-2H3. The minimum absolute atomic E-state index is 0.459. The first-order valence-electron chi connectivity index (χ1n) is 6.59. The SMILES string of the molecule is CC(C)c1ccc(-c2ccc3ncc(C=O)n3n2)cc1. The van der Waals surface area contributed by atoms with Crippen molar-refractivity contribution in [1.82, 2.24) is 14.6 Å². The van der Waals surface area contributed by atoms with Crippen molar-refractivity contribution in [3.05, 3.63) is 53.9 Å². The summed E-state index contributed by atoms with van der Waals surface area (Å²) >= 11 is 0. The Morgan fingerprint density at radius 1 is 1.10 bits per heavy atom. The molecule has 20 heavy (non-hydrogen) atoms. The summed E-state index contributed by atoms with van der Waals surface area (Å²) in [6.07, 6.45) is 2.29. The van der Waals surface area contributed by atoms with Crippen LogP contribution in [0.15, 0.2) is 42.6 Å². The molecule has 0 unspecified atom stereocenters. The van der Waals surface area contributed by atoms with E-state index in [0.717, 1.165) is 17.5 Å². The van der Waals surface area contributed by atoms with Gasteiger partial charge in [0.1, 0.15) is 5.69 Å². The summed E-state index contributed by atoms with van der Waals surface area (Å²) < 4.78 is 1.57. The Morgan fingerprint density at radius 2 is 1.85 bits per heavy atom. The Balaban J connectivity index is 2.07. The Bertz CT molecular complexity index is 757. The maximum absolute atomic E-state index is 10.9. The molecule has 3 aromatic rings. The number of hydrogen-bond donors (Lipinski definition) is 0. The van der Waals surface area contributed by atoms with Gasteiger partial charge in [-0.05, 0) is 23.6 Å². The van der Waals surface area contributed by atoms with E-state index in [1.807, 2.05) is 12.1 Å². The van der Waals surface area contributed by atoms with Crippen molar-refractivity contribution in [3.8, 4) is 11.3 Å². The van der Waals surface area contributed by atoms with Crippen LogP contribution in [0.2, 0.25) is 0 Å². The van der Waals surface area contributed by atoms with E-state index in [4.69, 9.17) is 0 Å². The topological polar surface area (TPSA) is 47.3 Å². The predicted molar refractivity (Wildman–Crippen MR) is 77.9 cm³/mol. The predicted octanol–water partition coefficient (Wildman–Crippen LogP) is 3.33. The molecule has 0 aliphatic heterocycles. The third-order valence-electron chi connectivity index (χ3n) is 3.38. The molecule has 0 N–H and O–H groups in total. The molecule has 4 heteroatoms. The molecule has 0 aliphatic rings. The number of aldehydes is 1. The third-order valence-corrected chi connectivity index (χ3v) is 3.38. The van der Waals surface area contributed by atoms with E-state index in [2.05, 4.69) is 48.2 Å². The molecule has 0 spiro atoms. The molecule has 3 rings (SSSR count). The van der Waals surface area contributed by atoms with Gasteiger partial charge in [-0.15, -0.1) is 0 Å². The van der Waals surface area contributed by atoms with Gasteiger partial charge in [0.05, 0.1) is 11.9 Å². The van der Waals surface area contributed by atoms with Gasteiger partial charge in [-0.1, -0.05) is 38.1 Å². The highest BCUT2D eigenvalue weighted by Crippen LogP contribution is 2.21. The van der Waals surface area contributed by atoms with Gasteiger partial charge >= 0.3 is 0 Å². The Morgan fingerprint density at radius 3 is 2.50 bits per heavy atom. The molecule has 0 aliphatic carbocycles. The summed E-state index contributed by atoms with van der Waals surface area (Å²) in [6.45, 7) is 4.34. The molecule has 0 saturated carbocycles. The molecule has 0 amide bonds. The van der Waals surface area contributed by atoms with Crippen molar-refractivity contribution in [2.24, 2.45) is 0 Å². The number of carbonyl (C=O) groups excluding carboxylic acids is 1. The molecule has 1 aromatic carbocycles.